The van der Waals surface area contributed by atoms with Gasteiger partial charge in [0.2, 0.25) is 0 Å². The Bertz CT molecular complexity index is 320. The molecule has 1 aromatic heterocycles. The molecule has 1 fully saturated rings. The predicted molar refractivity (Wildman–Crippen MR) is 63.4 cm³/mol. The molecule has 1 N–H and O–H groups in total. The number of anilines is 1. The van der Waals surface area contributed by atoms with E-state index in [-0.39, 0.29) is 0 Å². The van der Waals surface area contributed by atoms with Gasteiger partial charge < -0.3 is 10.0 Å². The highest BCUT2D eigenvalue weighted by Crippen LogP contribution is 2.33. The summed E-state index contributed by atoms with van der Waals surface area (Å²) in [6, 6.07) is 0. The third-order valence-corrected chi connectivity index (χ3v) is 3.98. The van der Waals surface area contributed by atoms with Crippen LogP contribution in [0.1, 0.15) is 37.7 Å². The highest BCUT2D eigenvalue weighted by molar-refractivity contribution is 7.15. The molecule has 0 aliphatic heterocycles. The van der Waals surface area contributed by atoms with E-state index in [4.69, 9.17) is 0 Å². The van der Waals surface area contributed by atoms with Crippen molar-refractivity contribution in [3.63, 3.8) is 0 Å². The van der Waals surface area contributed by atoms with Crippen LogP contribution >= 0.6 is 11.3 Å². The first-order valence-corrected chi connectivity index (χ1v) is 6.41. The van der Waals surface area contributed by atoms with Crippen LogP contribution in [0, 0.1) is 5.92 Å². The van der Waals surface area contributed by atoms with Gasteiger partial charge in [-0.15, -0.1) is 0 Å². The Kier molecular flexibility index (Phi) is 3.26. The van der Waals surface area contributed by atoms with Gasteiger partial charge in [0, 0.05) is 19.3 Å². The van der Waals surface area contributed by atoms with Gasteiger partial charge in [0.25, 0.3) is 0 Å². The molecule has 0 saturated heterocycles. The van der Waals surface area contributed by atoms with Gasteiger partial charge >= 0.3 is 0 Å². The van der Waals surface area contributed by atoms with E-state index in [1.165, 1.54) is 12.8 Å². The molecule has 15 heavy (non-hydrogen) atoms. The van der Waals surface area contributed by atoms with Crippen LogP contribution in [0.15, 0.2) is 6.20 Å². The van der Waals surface area contributed by atoms with Crippen molar-refractivity contribution in [2.75, 3.05) is 18.0 Å². The fourth-order valence-corrected chi connectivity index (χ4v) is 2.50. The number of rotatable bonds is 5. The van der Waals surface area contributed by atoms with Gasteiger partial charge in [0.1, 0.15) is 0 Å². The molecule has 4 heteroatoms. The molecule has 1 heterocycles. The lowest BCUT2D eigenvalue weighted by atomic mass is 10.4. The summed E-state index contributed by atoms with van der Waals surface area (Å²) in [7, 11) is 0. The van der Waals surface area contributed by atoms with Crippen molar-refractivity contribution in [3.8, 4) is 0 Å². The van der Waals surface area contributed by atoms with E-state index >= 15 is 0 Å². The van der Waals surface area contributed by atoms with E-state index in [1.807, 2.05) is 0 Å². The van der Waals surface area contributed by atoms with Crippen molar-refractivity contribution < 1.29 is 5.11 Å². The Labute approximate surface area is 94.8 Å². The zero-order valence-electron chi connectivity index (χ0n) is 9.31. The van der Waals surface area contributed by atoms with E-state index < -0.39 is 6.10 Å². The molecule has 1 aliphatic rings. The highest BCUT2D eigenvalue weighted by atomic mass is 32.1. The van der Waals surface area contributed by atoms with Crippen molar-refractivity contribution in [2.45, 2.75) is 32.8 Å². The minimum absolute atomic E-state index is 0.393. The summed E-state index contributed by atoms with van der Waals surface area (Å²) in [6.45, 7) is 6.08. The smallest absolute Gasteiger partial charge is 0.185 e. The normalized spacial score (nSPS) is 17.8. The van der Waals surface area contributed by atoms with Crippen LogP contribution < -0.4 is 4.90 Å². The van der Waals surface area contributed by atoms with E-state index in [0.29, 0.717) is 0 Å². The van der Waals surface area contributed by atoms with Gasteiger partial charge in [-0.3, -0.25) is 0 Å². The standard InChI is InChI=1S/C11H18N2OS/c1-3-13(7-9-4-5-9)11-12-6-10(15-11)8(2)14/h6,8-9,14H,3-5,7H2,1-2H3. The first-order valence-electron chi connectivity index (χ1n) is 5.59. The molecule has 1 unspecified atom stereocenters. The van der Waals surface area contributed by atoms with Crippen LogP contribution in [0.3, 0.4) is 0 Å². The Morgan fingerprint density at radius 1 is 1.67 bits per heavy atom. The van der Waals surface area contributed by atoms with Crippen molar-refractivity contribution >= 4 is 16.5 Å². The molecule has 2 rings (SSSR count). The monoisotopic (exact) mass is 226 g/mol. The molecule has 1 aliphatic carbocycles. The maximum atomic E-state index is 9.44. The molecule has 0 amide bonds. The van der Waals surface area contributed by atoms with Crippen LogP contribution in [-0.2, 0) is 0 Å². The van der Waals surface area contributed by atoms with Gasteiger partial charge in [0.15, 0.2) is 5.13 Å². The minimum atomic E-state index is -0.393. The summed E-state index contributed by atoms with van der Waals surface area (Å²) >= 11 is 1.61. The topological polar surface area (TPSA) is 36.4 Å². The highest BCUT2D eigenvalue weighted by Gasteiger charge is 2.25. The third kappa shape index (κ3) is 2.69. The molecule has 0 radical (unpaired) electrons. The number of nitrogens with zero attached hydrogens (tertiary/aromatic N) is 2. The quantitative estimate of drug-likeness (QED) is 0.837. The maximum Gasteiger partial charge on any atom is 0.185 e. The molecule has 0 bridgehead atoms. The molecule has 1 atom stereocenters. The van der Waals surface area contributed by atoms with Gasteiger partial charge in [-0.05, 0) is 32.6 Å². The van der Waals surface area contributed by atoms with Gasteiger partial charge in [-0.25, -0.2) is 4.98 Å². The number of aliphatic hydroxyl groups is 1. The fraction of sp³-hybridized carbons (Fsp3) is 0.727. The molecule has 1 aromatic rings. The summed E-state index contributed by atoms with van der Waals surface area (Å²) in [6.07, 6.45) is 4.13. The van der Waals surface area contributed by atoms with Crippen LogP contribution in [0.25, 0.3) is 0 Å². The first kappa shape index (κ1) is 10.9. The van der Waals surface area contributed by atoms with Gasteiger partial charge in [-0.1, -0.05) is 11.3 Å². The summed E-state index contributed by atoms with van der Waals surface area (Å²) in [5, 5.41) is 10.5. The molecule has 3 nitrogen and oxygen atoms in total. The van der Waals surface area contributed by atoms with Gasteiger partial charge in [-0.2, -0.15) is 0 Å². The second-order valence-corrected chi connectivity index (χ2v) is 5.24. The maximum absolute atomic E-state index is 9.44. The lowest BCUT2D eigenvalue weighted by Gasteiger charge is -2.19. The molecule has 0 aromatic carbocycles. The fourth-order valence-electron chi connectivity index (χ4n) is 1.57. The number of hydrogen-bond acceptors (Lipinski definition) is 4. The zero-order chi connectivity index (χ0) is 10.8. The second kappa shape index (κ2) is 4.49. The molecule has 1 saturated carbocycles. The van der Waals surface area contributed by atoms with Crippen LogP contribution in [-0.4, -0.2) is 23.2 Å². The molecule has 0 spiro atoms. The summed E-state index contributed by atoms with van der Waals surface area (Å²) in [5.41, 5.74) is 0. The van der Waals surface area contributed by atoms with E-state index in [2.05, 4.69) is 16.8 Å². The SMILES string of the molecule is CCN(CC1CC1)c1ncc(C(C)O)s1. The summed E-state index contributed by atoms with van der Waals surface area (Å²) < 4.78 is 0. The number of hydrogen-bond donors (Lipinski definition) is 1. The van der Waals surface area contributed by atoms with Crippen molar-refractivity contribution in [1.29, 1.82) is 0 Å². The number of thiazole rings is 1. The zero-order valence-corrected chi connectivity index (χ0v) is 10.1. The Hall–Kier alpha value is -0.610. The second-order valence-electron chi connectivity index (χ2n) is 4.20. The predicted octanol–water partition coefficient (Wildman–Crippen LogP) is 2.43. The Balaban J connectivity index is 2.04. The lowest BCUT2D eigenvalue weighted by molar-refractivity contribution is 0.203. The number of aliphatic hydroxyl groups excluding tert-OH is 1. The molecular weight excluding hydrogens is 208 g/mol. The molecular formula is C11H18N2OS. The summed E-state index contributed by atoms with van der Waals surface area (Å²) in [4.78, 5) is 7.65. The van der Waals surface area contributed by atoms with Gasteiger partial charge in [0.05, 0.1) is 11.0 Å². The van der Waals surface area contributed by atoms with Crippen LogP contribution in [0.5, 0.6) is 0 Å². The minimum Gasteiger partial charge on any atom is -0.388 e. The van der Waals surface area contributed by atoms with Crippen molar-refractivity contribution in [3.05, 3.63) is 11.1 Å². The Morgan fingerprint density at radius 3 is 2.87 bits per heavy atom. The first-order chi connectivity index (χ1) is 7.20. The Morgan fingerprint density at radius 2 is 2.40 bits per heavy atom. The largest absolute Gasteiger partial charge is 0.388 e. The number of aromatic nitrogens is 1. The van der Waals surface area contributed by atoms with E-state index in [9.17, 15) is 5.11 Å². The average Bonchev–Trinajstić information content (AvgIpc) is 2.89. The third-order valence-electron chi connectivity index (χ3n) is 2.75. The van der Waals surface area contributed by atoms with Crippen LogP contribution in [0.4, 0.5) is 5.13 Å². The van der Waals surface area contributed by atoms with Crippen molar-refractivity contribution in [1.82, 2.24) is 4.98 Å². The lowest BCUT2D eigenvalue weighted by Crippen LogP contribution is -2.24. The average molecular weight is 226 g/mol. The van der Waals surface area contributed by atoms with E-state index in [0.717, 1.165) is 29.0 Å². The molecule has 84 valence electrons. The van der Waals surface area contributed by atoms with E-state index in [1.54, 1.807) is 24.5 Å². The van der Waals surface area contributed by atoms with Crippen molar-refractivity contribution in [2.24, 2.45) is 5.92 Å². The van der Waals surface area contributed by atoms with Crippen LogP contribution in [0.2, 0.25) is 0 Å². The summed E-state index contributed by atoms with van der Waals surface area (Å²) in [5.74, 6) is 0.879.